The van der Waals surface area contributed by atoms with Crippen molar-refractivity contribution in [3.05, 3.63) is 58.6 Å². The summed E-state index contributed by atoms with van der Waals surface area (Å²) < 4.78 is 0. The van der Waals surface area contributed by atoms with Crippen LogP contribution in [0.4, 0.5) is 11.4 Å². The van der Waals surface area contributed by atoms with Crippen LogP contribution in [0.5, 0.6) is 0 Å². The summed E-state index contributed by atoms with van der Waals surface area (Å²) >= 11 is 6.36. The number of aryl methyl sites for hydroxylation is 1. The van der Waals surface area contributed by atoms with E-state index >= 15 is 0 Å². The number of carbonyl (C=O) groups is 2. The molecule has 0 aromatic heterocycles. The van der Waals surface area contributed by atoms with Crippen molar-refractivity contribution in [2.75, 3.05) is 25.5 Å². The normalized spacial score (nSPS) is 10.5. The molecule has 5 nitrogen and oxygen atoms in total. The number of rotatable bonds is 10. The summed E-state index contributed by atoms with van der Waals surface area (Å²) in [7, 11) is 3.62. The summed E-state index contributed by atoms with van der Waals surface area (Å²) in [6.45, 7) is 2.66. The van der Waals surface area contributed by atoms with Crippen LogP contribution < -0.4 is 15.5 Å². The van der Waals surface area contributed by atoms with E-state index in [0.29, 0.717) is 23.6 Å². The lowest BCUT2D eigenvalue weighted by molar-refractivity contribution is -0.120. The Labute approximate surface area is 178 Å². The predicted octanol–water partition coefficient (Wildman–Crippen LogP) is 4.84. The minimum Gasteiger partial charge on any atom is -0.359 e. The first kappa shape index (κ1) is 22.8. The lowest BCUT2D eigenvalue weighted by Gasteiger charge is -2.23. The zero-order valence-electron chi connectivity index (χ0n) is 17.4. The number of benzene rings is 2. The number of hydrogen-bond acceptors (Lipinski definition) is 3. The molecule has 2 aromatic rings. The summed E-state index contributed by atoms with van der Waals surface area (Å²) in [4.78, 5) is 25.5. The van der Waals surface area contributed by atoms with Crippen molar-refractivity contribution in [1.29, 1.82) is 0 Å². The van der Waals surface area contributed by atoms with Crippen molar-refractivity contribution in [1.82, 2.24) is 10.6 Å². The molecule has 6 heteroatoms. The minimum absolute atomic E-state index is 0.0708. The van der Waals surface area contributed by atoms with Crippen LogP contribution in [0.15, 0.2) is 42.5 Å². The van der Waals surface area contributed by atoms with Gasteiger partial charge in [-0.3, -0.25) is 9.59 Å². The average molecular weight is 416 g/mol. The van der Waals surface area contributed by atoms with Crippen LogP contribution in [0.3, 0.4) is 0 Å². The maximum atomic E-state index is 12.3. The van der Waals surface area contributed by atoms with Crippen LogP contribution in [0.1, 0.15) is 48.0 Å². The van der Waals surface area contributed by atoms with Gasteiger partial charge in [0.1, 0.15) is 0 Å². The monoisotopic (exact) mass is 415 g/mol. The molecule has 0 heterocycles. The molecule has 0 aliphatic carbocycles. The third-order valence-electron chi connectivity index (χ3n) is 4.94. The molecular formula is C23H30ClN3O2. The van der Waals surface area contributed by atoms with Crippen LogP contribution in [-0.4, -0.2) is 32.5 Å². The second-order valence-electron chi connectivity index (χ2n) is 7.10. The maximum Gasteiger partial charge on any atom is 0.251 e. The van der Waals surface area contributed by atoms with Crippen molar-refractivity contribution >= 4 is 34.8 Å². The van der Waals surface area contributed by atoms with Crippen LogP contribution in [0, 0.1) is 6.92 Å². The standard InChI is InChI=1S/C23H30ClN3O2/c1-17-9-8-10-20(24)22(17)27(3)19-14-12-18(13-15-19)23(29)26-16-7-5-4-6-11-21(28)25-2/h8-10,12-15H,4-7,11,16H2,1-3H3,(H,25,28)(H,26,29). The topological polar surface area (TPSA) is 61.4 Å². The Morgan fingerprint density at radius 2 is 1.69 bits per heavy atom. The summed E-state index contributed by atoms with van der Waals surface area (Å²) in [6.07, 6.45) is 4.35. The van der Waals surface area contributed by atoms with Crippen molar-refractivity contribution in [3.63, 3.8) is 0 Å². The van der Waals surface area contributed by atoms with E-state index in [2.05, 4.69) is 10.6 Å². The molecule has 156 valence electrons. The Hall–Kier alpha value is -2.53. The van der Waals surface area contributed by atoms with Crippen LogP contribution in [0.25, 0.3) is 0 Å². The highest BCUT2D eigenvalue weighted by Crippen LogP contribution is 2.33. The van der Waals surface area contributed by atoms with Gasteiger partial charge in [0.2, 0.25) is 5.91 Å². The fraction of sp³-hybridized carbons (Fsp3) is 0.391. The van der Waals surface area contributed by atoms with Gasteiger partial charge in [-0.05, 0) is 55.7 Å². The second kappa shape index (κ2) is 11.5. The van der Waals surface area contributed by atoms with Gasteiger partial charge >= 0.3 is 0 Å². The van der Waals surface area contributed by atoms with Gasteiger partial charge in [0, 0.05) is 38.3 Å². The Kier molecular flexibility index (Phi) is 9.00. The summed E-state index contributed by atoms with van der Waals surface area (Å²) in [5.74, 6) is 0.00980. The highest BCUT2D eigenvalue weighted by molar-refractivity contribution is 6.33. The number of nitrogens with one attached hydrogen (secondary N) is 2. The molecule has 0 aliphatic rings. The number of hydrogen-bond donors (Lipinski definition) is 2. The molecule has 0 fully saturated rings. The SMILES string of the molecule is CNC(=O)CCCCCCNC(=O)c1ccc(N(C)c2c(C)cccc2Cl)cc1. The first-order chi connectivity index (χ1) is 13.9. The Morgan fingerprint density at radius 1 is 1.00 bits per heavy atom. The first-order valence-electron chi connectivity index (χ1n) is 10.0. The molecule has 2 aromatic carbocycles. The third kappa shape index (κ3) is 6.79. The van der Waals surface area contributed by atoms with E-state index in [4.69, 9.17) is 11.6 Å². The highest BCUT2D eigenvalue weighted by Gasteiger charge is 2.12. The Morgan fingerprint density at radius 3 is 2.34 bits per heavy atom. The van der Waals surface area contributed by atoms with E-state index in [1.807, 2.05) is 61.3 Å². The number of unbranched alkanes of at least 4 members (excludes halogenated alkanes) is 3. The van der Waals surface area contributed by atoms with Crippen molar-refractivity contribution in [2.45, 2.75) is 39.0 Å². The van der Waals surface area contributed by atoms with E-state index in [9.17, 15) is 9.59 Å². The molecule has 0 aliphatic heterocycles. The molecule has 0 atom stereocenters. The maximum absolute atomic E-state index is 12.3. The van der Waals surface area contributed by atoms with E-state index in [1.165, 1.54) is 0 Å². The zero-order chi connectivity index (χ0) is 21.2. The molecule has 0 saturated heterocycles. The van der Waals surface area contributed by atoms with Gasteiger partial charge in [0.15, 0.2) is 0 Å². The van der Waals surface area contributed by atoms with Gasteiger partial charge in [-0.25, -0.2) is 0 Å². The molecule has 2 rings (SSSR count). The smallest absolute Gasteiger partial charge is 0.251 e. The number of para-hydroxylation sites is 1. The predicted molar refractivity (Wildman–Crippen MR) is 120 cm³/mol. The number of anilines is 2. The number of carbonyl (C=O) groups excluding carboxylic acids is 2. The summed E-state index contributed by atoms with van der Waals surface area (Å²) in [6, 6.07) is 13.4. The molecule has 0 unspecified atom stereocenters. The molecule has 0 bridgehead atoms. The molecule has 2 N–H and O–H groups in total. The second-order valence-corrected chi connectivity index (χ2v) is 7.51. The van der Waals surface area contributed by atoms with E-state index in [0.717, 1.165) is 42.6 Å². The highest BCUT2D eigenvalue weighted by atomic mass is 35.5. The largest absolute Gasteiger partial charge is 0.359 e. The average Bonchev–Trinajstić information content (AvgIpc) is 2.72. The fourth-order valence-electron chi connectivity index (χ4n) is 3.21. The minimum atomic E-state index is -0.0708. The summed E-state index contributed by atoms with van der Waals surface area (Å²) in [5, 5.41) is 6.27. The van der Waals surface area contributed by atoms with Gasteiger partial charge in [-0.15, -0.1) is 0 Å². The zero-order valence-corrected chi connectivity index (χ0v) is 18.2. The van der Waals surface area contributed by atoms with Gasteiger partial charge in [-0.1, -0.05) is 36.6 Å². The van der Waals surface area contributed by atoms with Gasteiger partial charge in [0.25, 0.3) is 5.91 Å². The fourth-order valence-corrected chi connectivity index (χ4v) is 3.56. The van der Waals surface area contributed by atoms with Crippen molar-refractivity contribution < 1.29 is 9.59 Å². The molecule has 0 radical (unpaired) electrons. The van der Waals surface area contributed by atoms with Gasteiger partial charge in [0.05, 0.1) is 10.7 Å². The van der Waals surface area contributed by atoms with Crippen LogP contribution in [0.2, 0.25) is 5.02 Å². The Bertz CT molecular complexity index is 801. The van der Waals surface area contributed by atoms with E-state index in [-0.39, 0.29) is 11.8 Å². The lowest BCUT2D eigenvalue weighted by Crippen LogP contribution is -2.24. The number of halogens is 1. The van der Waals surface area contributed by atoms with Gasteiger partial charge < -0.3 is 15.5 Å². The van der Waals surface area contributed by atoms with Crippen molar-refractivity contribution in [2.24, 2.45) is 0 Å². The first-order valence-corrected chi connectivity index (χ1v) is 10.4. The van der Waals surface area contributed by atoms with Crippen LogP contribution >= 0.6 is 11.6 Å². The molecule has 0 spiro atoms. The quantitative estimate of drug-likeness (QED) is 0.545. The molecule has 2 amide bonds. The van der Waals surface area contributed by atoms with E-state index in [1.54, 1.807) is 7.05 Å². The number of amides is 2. The Balaban J connectivity index is 1.81. The molecule has 29 heavy (non-hydrogen) atoms. The third-order valence-corrected chi connectivity index (χ3v) is 5.24. The van der Waals surface area contributed by atoms with E-state index < -0.39 is 0 Å². The molecule has 0 saturated carbocycles. The summed E-state index contributed by atoms with van der Waals surface area (Å²) in [5.41, 5.74) is 3.66. The van der Waals surface area contributed by atoms with Crippen molar-refractivity contribution in [3.8, 4) is 0 Å². The lowest BCUT2D eigenvalue weighted by atomic mass is 10.1. The van der Waals surface area contributed by atoms with Gasteiger partial charge in [-0.2, -0.15) is 0 Å². The number of nitrogens with zero attached hydrogens (tertiary/aromatic N) is 1. The molecular weight excluding hydrogens is 386 g/mol. The van der Waals surface area contributed by atoms with Crippen LogP contribution in [-0.2, 0) is 4.79 Å².